The number of urea groups is 1. The Kier molecular flexibility index (Phi) is 5.58. The molecule has 0 aliphatic heterocycles. The van der Waals surface area contributed by atoms with E-state index >= 15 is 0 Å². The van der Waals surface area contributed by atoms with Crippen molar-refractivity contribution in [1.29, 1.82) is 0 Å². The maximum absolute atomic E-state index is 11.7. The lowest BCUT2D eigenvalue weighted by Crippen LogP contribution is -2.35. The van der Waals surface area contributed by atoms with E-state index in [0.717, 1.165) is 35.5 Å². The fourth-order valence-electron chi connectivity index (χ4n) is 2.36. The molecule has 2 rings (SSSR count). The third-order valence-electron chi connectivity index (χ3n) is 3.68. The summed E-state index contributed by atoms with van der Waals surface area (Å²) in [5, 5.41) is 10.3. The van der Waals surface area contributed by atoms with Gasteiger partial charge in [0.1, 0.15) is 0 Å². The molecule has 0 bridgehead atoms. The van der Waals surface area contributed by atoms with Crippen LogP contribution >= 0.6 is 0 Å². The molecule has 5 nitrogen and oxygen atoms in total. The van der Waals surface area contributed by atoms with E-state index in [-0.39, 0.29) is 6.03 Å². The van der Waals surface area contributed by atoms with Crippen molar-refractivity contribution < 1.29 is 4.79 Å². The molecule has 0 radical (unpaired) electrons. The summed E-state index contributed by atoms with van der Waals surface area (Å²) in [6.07, 6.45) is 2.07. The number of carbonyl (C=O) groups is 1. The van der Waals surface area contributed by atoms with Gasteiger partial charge in [0.25, 0.3) is 0 Å². The molecule has 0 saturated heterocycles. The molecule has 1 heterocycles. The van der Waals surface area contributed by atoms with Crippen LogP contribution in [0.1, 0.15) is 36.7 Å². The topological polar surface area (TPSA) is 59.0 Å². The smallest absolute Gasteiger partial charge is 0.315 e. The fourth-order valence-corrected chi connectivity index (χ4v) is 2.36. The second-order valence-corrected chi connectivity index (χ2v) is 5.36. The number of nitrogens with one attached hydrogen (secondary N) is 2. The number of amides is 2. The van der Waals surface area contributed by atoms with Gasteiger partial charge in [0.2, 0.25) is 0 Å². The van der Waals surface area contributed by atoms with Crippen LogP contribution in [0.2, 0.25) is 0 Å². The van der Waals surface area contributed by atoms with Crippen molar-refractivity contribution in [1.82, 2.24) is 20.4 Å². The average molecular weight is 300 g/mol. The summed E-state index contributed by atoms with van der Waals surface area (Å²) >= 11 is 0. The van der Waals surface area contributed by atoms with Crippen LogP contribution in [0.5, 0.6) is 0 Å². The van der Waals surface area contributed by atoms with E-state index in [1.165, 1.54) is 0 Å². The molecule has 5 heteroatoms. The number of hydrogen-bond donors (Lipinski definition) is 2. The first-order valence-corrected chi connectivity index (χ1v) is 7.75. The zero-order valence-corrected chi connectivity index (χ0v) is 13.5. The zero-order valence-electron chi connectivity index (χ0n) is 13.5. The van der Waals surface area contributed by atoms with Crippen molar-refractivity contribution in [2.75, 3.05) is 6.54 Å². The molecule has 0 spiro atoms. The molecule has 1 aromatic heterocycles. The van der Waals surface area contributed by atoms with Crippen LogP contribution in [0, 0.1) is 13.8 Å². The summed E-state index contributed by atoms with van der Waals surface area (Å²) < 4.78 is 1.92. The molecule has 2 aromatic rings. The van der Waals surface area contributed by atoms with Gasteiger partial charge in [0.05, 0.1) is 11.4 Å². The van der Waals surface area contributed by atoms with Crippen LogP contribution < -0.4 is 10.6 Å². The van der Waals surface area contributed by atoms with Crippen molar-refractivity contribution in [2.24, 2.45) is 0 Å². The van der Waals surface area contributed by atoms with Crippen LogP contribution in [-0.4, -0.2) is 22.4 Å². The van der Waals surface area contributed by atoms with Crippen molar-refractivity contribution in [2.45, 2.75) is 40.2 Å². The van der Waals surface area contributed by atoms with E-state index in [1.807, 2.05) is 48.9 Å². The summed E-state index contributed by atoms with van der Waals surface area (Å²) in [4.78, 5) is 11.7. The molecule has 0 saturated carbocycles. The normalized spacial score (nSPS) is 10.5. The largest absolute Gasteiger partial charge is 0.338 e. The number of benzene rings is 1. The maximum Gasteiger partial charge on any atom is 0.315 e. The Hall–Kier alpha value is -2.30. The van der Waals surface area contributed by atoms with Crippen LogP contribution in [0.15, 0.2) is 30.3 Å². The predicted molar refractivity (Wildman–Crippen MR) is 88.2 cm³/mol. The van der Waals surface area contributed by atoms with Crippen molar-refractivity contribution >= 4 is 6.03 Å². The van der Waals surface area contributed by atoms with Gasteiger partial charge in [0, 0.05) is 24.3 Å². The standard InChI is InChI=1S/C17H24N4O/c1-4-5-11-18-17(22)19-12-16-13(2)20-21(14(16)3)15-9-7-6-8-10-15/h6-10H,4-5,11-12H2,1-3H3,(H2,18,19,22). The van der Waals surface area contributed by atoms with E-state index in [9.17, 15) is 4.79 Å². The SMILES string of the molecule is CCCCNC(=O)NCc1c(C)nn(-c2ccccc2)c1C. The number of para-hydroxylation sites is 1. The summed E-state index contributed by atoms with van der Waals surface area (Å²) in [6, 6.07) is 9.88. The van der Waals surface area contributed by atoms with Crippen LogP contribution in [0.3, 0.4) is 0 Å². The third-order valence-corrected chi connectivity index (χ3v) is 3.68. The highest BCUT2D eigenvalue weighted by atomic mass is 16.2. The molecular weight excluding hydrogens is 276 g/mol. The van der Waals surface area contributed by atoms with Gasteiger partial charge < -0.3 is 10.6 Å². The second-order valence-electron chi connectivity index (χ2n) is 5.36. The first-order chi connectivity index (χ1) is 10.6. The molecule has 0 unspecified atom stereocenters. The first kappa shape index (κ1) is 16.1. The monoisotopic (exact) mass is 300 g/mol. The summed E-state index contributed by atoms with van der Waals surface area (Å²) in [5.41, 5.74) is 4.09. The van der Waals surface area contributed by atoms with Gasteiger partial charge in [-0.25, -0.2) is 9.48 Å². The average Bonchev–Trinajstić information content (AvgIpc) is 2.81. The Morgan fingerprint density at radius 1 is 1.18 bits per heavy atom. The maximum atomic E-state index is 11.7. The van der Waals surface area contributed by atoms with Gasteiger partial charge in [0.15, 0.2) is 0 Å². The molecule has 2 amide bonds. The Morgan fingerprint density at radius 3 is 2.59 bits per heavy atom. The van der Waals surface area contributed by atoms with Crippen molar-refractivity contribution in [3.63, 3.8) is 0 Å². The van der Waals surface area contributed by atoms with E-state index in [0.29, 0.717) is 13.1 Å². The van der Waals surface area contributed by atoms with Gasteiger partial charge in [-0.05, 0) is 32.4 Å². The van der Waals surface area contributed by atoms with Crippen LogP contribution in [0.25, 0.3) is 5.69 Å². The molecule has 0 fully saturated rings. The number of carbonyl (C=O) groups excluding carboxylic acids is 1. The third kappa shape index (κ3) is 3.87. The number of unbranched alkanes of at least 4 members (excludes halogenated alkanes) is 1. The number of hydrogen-bond acceptors (Lipinski definition) is 2. The molecule has 0 atom stereocenters. The minimum absolute atomic E-state index is 0.125. The molecular formula is C17H24N4O. The lowest BCUT2D eigenvalue weighted by atomic mass is 10.2. The number of aromatic nitrogens is 2. The quantitative estimate of drug-likeness (QED) is 0.805. The molecule has 118 valence electrons. The Labute approximate surface area is 131 Å². The number of nitrogens with zero attached hydrogens (tertiary/aromatic N) is 2. The van der Waals surface area contributed by atoms with E-state index in [4.69, 9.17) is 0 Å². The van der Waals surface area contributed by atoms with Gasteiger partial charge in [-0.1, -0.05) is 31.5 Å². The van der Waals surface area contributed by atoms with Gasteiger partial charge in [-0.3, -0.25) is 0 Å². The lowest BCUT2D eigenvalue weighted by molar-refractivity contribution is 0.240. The highest BCUT2D eigenvalue weighted by Gasteiger charge is 2.13. The Balaban J connectivity index is 2.03. The predicted octanol–water partition coefficient (Wildman–Crippen LogP) is 3.09. The molecule has 1 aromatic carbocycles. The fraction of sp³-hybridized carbons (Fsp3) is 0.412. The van der Waals surface area contributed by atoms with E-state index in [2.05, 4.69) is 22.7 Å². The summed E-state index contributed by atoms with van der Waals surface area (Å²) in [5.74, 6) is 0. The number of rotatable bonds is 6. The summed E-state index contributed by atoms with van der Waals surface area (Å²) in [6.45, 7) is 7.30. The minimum Gasteiger partial charge on any atom is -0.338 e. The lowest BCUT2D eigenvalue weighted by Gasteiger charge is -2.08. The number of aryl methyl sites for hydroxylation is 1. The molecule has 0 aliphatic carbocycles. The molecule has 0 aliphatic rings. The Morgan fingerprint density at radius 2 is 1.91 bits per heavy atom. The zero-order chi connectivity index (χ0) is 15.9. The highest BCUT2D eigenvalue weighted by molar-refractivity contribution is 5.73. The van der Waals surface area contributed by atoms with Crippen LogP contribution in [-0.2, 0) is 6.54 Å². The van der Waals surface area contributed by atoms with Gasteiger partial charge in [-0.15, -0.1) is 0 Å². The Bertz CT molecular complexity index is 619. The first-order valence-electron chi connectivity index (χ1n) is 7.75. The molecule has 2 N–H and O–H groups in total. The van der Waals surface area contributed by atoms with E-state index in [1.54, 1.807) is 0 Å². The second kappa shape index (κ2) is 7.64. The highest BCUT2D eigenvalue weighted by Crippen LogP contribution is 2.17. The van der Waals surface area contributed by atoms with Crippen LogP contribution in [0.4, 0.5) is 4.79 Å². The summed E-state index contributed by atoms with van der Waals surface area (Å²) in [7, 11) is 0. The molecule has 22 heavy (non-hydrogen) atoms. The minimum atomic E-state index is -0.125. The van der Waals surface area contributed by atoms with Gasteiger partial charge >= 0.3 is 6.03 Å². The van der Waals surface area contributed by atoms with Crippen molar-refractivity contribution in [3.8, 4) is 5.69 Å². The van der Waals surface area contributed by atoms with Gasteiger partial charge in [-0.2, -0.15) is 5.10 Å². The van der Waals surface area contributed by atoms with Crippen molar-refractivity contribution in [3.05, 3.63) is 47.3 Å². The van der Waals surface area contributed by atoms with E-state index < -0.39 is 0 Å².